The minimum Gasteiger partial charge on any atom is -0.481 e. The number of hydrogen-bond acceptors (Lipinski definition) is 3. The Balaban J connectivity index is 2.35. The number of anilines is 1. The minimum atomic E-state index is -0.769. The Kier molecular flexibility index (Phi) is 4.34. The number of aromatic nitrogens is 1. The predicted octanol–water partition coefficient (Wildman–Crippen LogP) is 2.93. The van der Waals surface area contributed by atoms with Crippen LogP contribution in [0.15, 0.2) is 36.5 Å². The molecule has 0 aliphatic carbocycles. The van der Waals surface area contributed by atoms with Gasteiger partial charge in [0.2, 0.25) is 0 Å². The van der Waals surface area contributed by atoms with Crippen molar-refractivity contribution in [1.82, 2.24) is 4.98 Å². The van der Waals surface area contributed by atoms with Gasteiger partial charge in [0.15, 0.2) is 0 Å². The number of carboxylic acid groups (broad SMARTS) is 1. The molecule has 100 valence electrons. The first-order chi connectivity index (χ1) is 9.22. The summed E-state index contributed by atoms with van der Waals surface area (Å²) in [5.41, 5.74) is 1.95. The van der Waals surface area contributed by atoms with Gasteiger partial charge in [-0.05, 0) is 18.6 Å². The number of benzene rings is 1. The second-order valence-electron chi connectivity index (χ2n) is 4.48. The van der Waals surface area contributed by atoms with Crippen LogP contribution in [-0.4, -0.2) is 29.1 Å². The van der Waals surface area contributed by atoms with Gasteiger partial charge in [0.25, 0.3) is 0 Å². The van der Waals surface area contributed by atoms with E-state index in [9.17, 15) is 4.79 Å². The molecule has 0 bridgehead atoms. The van der Waals surface area contributed by atoms with E-state index >= 15 is 0 Å². The van der Waals surface area contributed by atoms with E-state index in [0.29, 0.717) is 6.54 Å². The van der Waals surface area contributed by atoms with Gasteiger partial charge in [-0.3, -0.25) is 9.78 Å². The van der Waals surface area contributed by atoms with E-state index in [1.165, 1.54) is 0 Å². The van der Waals surface area contributed by atoms with Crippen molar-refractivity contribution in [1.29, 1.82) is 0 Å². The second kappa shape index (κ2) is 6.18. The second-order valence-corrected chi connectivity index (χ2v) is 4.48. The molecular weight excluding hydrogens is 240 g/mol. The topological polar surface area (TPSA) is 53.4 Å². The molecule has 1 aromatic heterocycles. The third-order valence-corrected chi connectivity index (χ3v) is 3.04. The lowest BCUT2D eigenvalue weighted by Crippen LogP contribution is -2.27. The summed E-state index contributed by atoms with van der Waals surface area (Å²) >= 11 is 0. The van der Waals surface area contributed by atoms with Gasteiger partial charge in [-0.25, -0.2) is 0 Å². The Labute approximate surface area is 112 Å². The number of nitrogens with zero attached hydrogens (tertiary/aromatic N) is 2. The van der Waals surface area contributed by atoms with Crippen molar-refractivity contribution in [2.45, 2.75) is 19.8 Å². The summed E-state index contributed by atoms with van der Waals surface area (Å²) in [7, 11) is 0. The number of carbonyl (C=O) groups is 1. The fraction of sp³-hybridized carbons (Fsp3) is 0.333. The Morgan fingerprint density at radius 2 is 2.05 bits per heavy atom. The molecule has 0 saturated heterocycles. The average molecular weight is 258 g/mol. The smallest absolute Gasteiger partial charge is 0.305 e. The summed E-state index contributed by atoms with van der Waals surface area (Å²) in [6.07, 6.45) is 2.89. The SMILES string of the molecule is CCCN(CCC(=O)O)c1cccc2cccnc12. The van der Waals surface area contributed by atoms with E-state index < -0.39 is 5.97 Å². The highest BCUT2D eigenvalue weighted by molar-refractivity contribution is 5.90. The van der Waals surface area contributed by atoms with Crippen molar-refractivity contribution in [3.8, 4) is 0 Å². The van der Waals surface area contributed by atoms with Crippen LogP contribution in [0.3, 0.4) is 0 Å². The van der Waals surface area contributed by atoms with Crippen molar-refractivity contribution in [2.24, 2.45) is 0 Å². The van der Waals surface area contributed by atoms with Gasteiger partial charge in [-0.1, -0.05) is 25.1 Å². The molecule has 0 aliphatic rings. The van der Waals surface area contributed by atoms with E-state index in [4.69, 9.17) is 5.11 Å². The number of carboxylic acids is 1. The first-order valence-electron chi connectivity index (χ1n) is 6.53. The summed E-state index contributed by atoms with van der Waals surface area (Å²) in [6, 6.07) is 9.95. The van der Waals surface area contributed by atoms with Crippen LogP contribution in [0, 0.1) is 0 Å². The van der Waals surface area contributed by atoms with Gasteiger partial charge in [0, 0.05) is 24.7 Å². The number of pyridine rings is 1. The monoisotopic (exact) mass is 258 g/mol. The van der Waals surface area contributed by atoms with Crippen LogP contribution in [-0.2, 0) is 4.79 Å². The van der Waals surface area contributed by atoms with Gasteiger partial charge in [-0.15, -0.1) is 0 Å². The van der Waals surface area contributed by atoms with E-state index in [0.717, 1.165) is 29.6 Å². The van der Waals surface area contributed by atoms with E-state index in [1.54, 1.807) is 6.20 Å². The first-order valence-corrected chi connectivity index (χ1v) is 6.53. The fourth-order valence-electron chi connectivity index (χ4n) is 2.20. The largest absolute Gasteiger partial charge is 0.481 e. The van der Waals surface area contributed by atoms with Crippen molar-refractivity contribution < 1.29 is 9.90 Å². The Bertz CT molecular complexity index is 564. The first kappa shape index (κ1) is 13.3. The van der Waals surface area contributed by atoms with E-state index in [1.807, 2.05) is 30.3 Å². The lowest BCUT2D eigenvalue weighted by molar-refractivity contribution is -0.136. The number of rotatable bonds is 6. The molecule has 0 amide bonds. The van der Waals surface area contributed by atoms with E-state index in [2.05, 4.69) is 16.8 Å². The minimum absolute atomic E-state index is 0.142. The lowest BCUT2D eigenvalue weighted by Gasteiger charge is -2.24. The molecule has 1 heterocycles. The molecule has 4 heteroatoms. The van der Waals surface area contributed by atoms with Crippen LogP contribution >= 0.6 is 0 Å². The summed E-state index contributed by atoms with van der Waals surface area (Å²) in [5.74, 6) is -0.769. The zero-order valence-electron chi connectivity index (χ0n) is 11.0. The van der Waals surface area contributed by atoms with Gasteiger partial charge in [0.05, 0.1) is 17.6 Å². The van der Waals surface area contributed by atoms with Crippen molar-refractivity contribution in [2.75, 3.05) is 18.0 Å². The quantitative estimate of drug-likeness (QED) is 0.865. The van der Waals surface area contributed by atoms with Crippen LogP contribution in [0.5, 0.6) is 0 Å². The fourth-order valence-corrected chi connectivity index (χ4v) is 2.20. The van der Waals surface area contributed by atoms with Gasteiger partial charge in [0.1, 0.15) is 0 Å². The van der Waals surface area contributed by atoms with Crippen LogP contribution in [0.4, 0.5) is 5.69 Å². The van der Waals surface area contributed by atoms with Crippen LogP contribution in [0.2, 0.25) is 0 Å². The normalized spacial score (nSPS) is 10.6. The molecule has 0 aliphatic heterocycles. The molecular formula is C15H18N2O2. The molecule has 2 rings (SSSR count). The number of aliphatic carboxylic acids is 1. The Morgan fingerprint density at radius 3 is 2.79 bits per heavy atom. The third kappa shape index (κ3) is 3.22. The molecule has 0 spiro atoms. The number of para-hydroxylation sites is 1. The molecule has 0 radical (unpaired) electrons. The molecule has 0 fully saturated rings. The van der Waals surface area contributed by atoms with Gasteiger partial charge >= 0.3 is 5.97 Å². The highest BCUT2D eigenvalue weighted by atomic mass is 16.4. The highest BCUT2D eigenvalue weighted by Gasteiger charge is 2.11. The summed E-state index contributed by atoms with van der Waals surface area (Å²) in [4.78, 5) is 17.3. The van der Waals surface area contributed by atoms with Gasteiger partial charge in [-0.2, -0.15) is 0 Å². The summed E-state index contributed by atoms with van der Waals surface area (Å²) in [5, 5.41) is 9.93. The standard InChI is InChI=1S/C15H18N2O2/c1-2-10-17(11-8-14(18)19)13-7-3-5-12-6-4-9-16-15(12)13/h3-7,9H,2,8,10-11H2,1H3,(H,18,19). The maximum Gasteiger partial charge on any atom is 0.305 e. The zero-order valence-corrected chi connectivity index (χ0v) is 11.0. The maximum atomic E-state index is 10.8. The Hall–Kier alpha value is -2.10. The van der Waals surface area contributed by atoms with Crippen LogP contribution < -0.4 is 4.90 Å². The van der Waals surface area contributed by atoms with Crippen molar-refractivity contribution >= 4 is 22.6 Å². The molecule has 0 unspecified atom stereocenters. The van der Waals surface area contributed by atoms with Crippen LogP contribution in [0.1, 0.15) is 19.8 Å². The highest BCUT2D eigenvalue weighted by Crippen LogP contribution is 2.25. The molecule has 19 heavy (non-hydrogen) atoms. The number of fused-ring (bicyclic) bond motifs is 1. The van der Waals surface area contributed by atoms with Gasteiger partial charge < -0.3 is 10.0 Å². The summed E-state index contributed by atoms with van der Waals surface area (Å²) in [6.45, 7) is 3.44. The molecule has 1 aromatic carbocycles. The average Bonchev–Trinajstić information content (AvgIpc) is 2.43. The number of hydrogen-bond donors (Lipinski definition) is 1. The Morgan fingerprint density at radius 1 is 1.26 bits per heavy atom. The predicted molar refractivity (Wildman–Crippen MR) is 76.5 cm³/mol. The molecule has 2 aromatic rings. The zero-order chi connectivity index (χ0) is 13.7. The molecule has 4 nitrogen and oxygen atoms in total. The molecule has 0 atom stereocenters. The molecule has 1 N–H and O–H groups in total. The molecule has 0 saturated carbocycles. The summed E-state index contributed by atoms with van der Waals surface area (Å²) < 4.78 is 0. The van der Waals surface area contributed by atoms with Crippen molar-refractivity contribution in [3.05, 3.63) is 36.5 Å². The lowest BCUT2D eigenvalue weighted by atomic mass is 10.1. The van der Waals surface area contributed by atoms with E-state index in [-0.39, 0.29) is 6.42 Å². The third-order valence-electron chi connectivity index (χ3n) is 3.04. The van der Waals surface area contributed by atoms with Crippen molar-refractivity contribution in [3.63, 3.8) is 0 Å². The maximum absolute atomic E-state index is 10.8. The van der Waals surface area contributed by atoms with Crippen LogP contribution in [0.25, 0.3) is 10.9 Å².